The monoisotopic (exact) mass is 285 g/mol. The molecule has 0 saturated heterocycles. The maximum absolute atomic E-state index is 12.7. The lowest BCUT2D eigenvalue weighted by Gasteiger charge is -2.17. The van der Waals surface area contributed by atoms with Crippen LogP contribution in [0.15, 0.2) is 18.2 Å². The van der Waals surface area contributed by atoms with Crippen LogP contribution < -0.4 is 5.32 Å². The highest BCUT2D eigenvalue weighted by Crippen LogP contribution is 2.27. The molecule has 0 spiro atoms. The minimum Gasteiger partial charge on any atom is -0.478 e. The summed E-state index contributed by atoms with van der Waals surface area (Å²) in [6, 6.07) is 3.73. The number of benzene rings is 1. The Morgan fingerprint density at radius 2 is 2.06 bits per heavy atom. The van der Waals surface area contributed by atoms with Crippen LogP contribution in [0.5, 0.6) is 0 Å². The molecule has 100 valence electrons. The van der Waals surface area contributed by atoms with Gasteiger partial charge in [0.2, 0.25) is 0 Å². The number of anilines is 1. The van der Waals surface area contributed by atoms with Crippen LogP contribution in [0.1, 0.15) is 10.4 Å². The summed E-state index contributed by atoms with van der Waals surface area (Å²) >= 11 is 5.58. The standard InChI is InChI=1S/C10H8ClF4NO2/c11-5-2-1-3-6(7(5)8(17)18)16-4-10(14,15)9(12)13/h1-3,9,16H,4H2,(H,17,18). The van der Waals surface area contributed by atoms with Crippen LogP contribution in [-0.4, -0.2) is 30.0 Å². The Morgan fingerprint density at radius 1 is 1.44 bits per heavy atom. The molecule has 0 radical (unpaired) electrons. The van der Waals surface area contributed by atoms with E-state index in [0.717, 1.165) is 6.07 Å². The van der Waals surface area contributed by atoms with Gasteiger partial charge in [-0.2, -0.15) is 8.78 Å². The van der Waals surface area contributed by atoms with E-state index in [1.807, 2.05) is 5.32 Å². The molecule has 0 aliphatic heterocycles. The molecule has 0 unspecified atom stereocenters. The van der Waals surface area contributed by atoms with Crippen molar-refractivity contribution in [2.24, 2.45) is 0 Å². The number of carbonyl (C=O) groups is 1. The second-order valence-electron chi connectivity index (χ2n) is 3.38. The van der Waals surface area contributed by atoms with Gasteiger partial charge in [-0.25, -0.2) is 13.6 Å². The van der Waals surface area contributed by atoms with Crippen LogP contribution in [0.25, 0.3) is 0 Å². The Kier molecular flexibility index (Phi) is 4.39. The van der Waals surface area contributed by atoms with Crippen LogP contribution in [0.4, 0.5) is 23.2 Å². The smallest absolute Gasteiger partial charge is 0.339 e. The molecule has 0 fully saturated rings. The maximum atomic E-state index is 12.7. The fourth-order valence-corrected chi connectivity index (χ4v) is 1.43. The normalized spacial score (nSPS) is 11.7. The Morgan fingerprint density at radius 3 is 2.56 bits per heavy atom. The quantitative estimate of drug-likeness (QED) is 0.816. The summed E-state index contributed by atoms with van der Waals surface area (Å²) in [5, 5.41) is 10.6. The van der Waals surface area contributed by atoms with Gasteiger partial charge in [0, 0.05) is 0 Å². The van der Waals surface area contributed by atoms with Crippen molar-refractivity contribution in [1.29, 1.82) is 0 Å². The van der Waals surface area contributed by atoms with E-state index in [0.29, 0.717) is 0 Å². The van der Waals surface area contributed by atoms with Crippen molar-refractivity contribution < 1.29 is 27.5 Å². The molecule has 0 atom stereocenters. The Hall–Kier alpha value is -1.50. The number of aromatic carboxylic acids is 1. The van der Waals surface area contributed by atoms with Gasteiger partial charge in [-0.1, -0.05) is 17.7 Å². The van der Waals surface area contributed by atoms with Gasteiger partial charge in [-0.05, 0) is 12.1 Å². The van der Waals surface area contributed by atoms with E-state index in [9.17, 15) is 22.4 Å². The molecule has 18 heavy (non-hydrogen) atoms. The van der Waals surface area contributed by atoms with Gasteiger partial charge in [-0.15, -0.1) is 0 Å². The first kappa shape index (κ1) is 14.6. The zero-order valence-electron chi connectivity index (χ0n) is 8.76. The van der Waals surface area contributed by atoms with Gasteiger partial charge in [0.15, 0.2) is 0 Å². The Bertz CT molecular complexity index is 454. The lowest BCUT2D eigenvalue weighted by molar-refractivity contribution is -0.117. The number of carboxylic acid groups (broad SMARTS) is 1. The van der Waals surface area contributed by atoms with Crippen molar-refractivity contribution in [1.82, 2.24) is 0 Å². The summed E-state index contributed by atoms with van der Waals surface area (Å²) in [6.45, 7) is -1.38. The van der Waals surface area contributed by atoms with Crippen molar-refractivity contribution in [2.75, 3.05) is 11.9 Å². The number of halogens is 5. The summed E-state index contributed by atoms with van der Waals surface area (Å²) in [7, 11) is 0. The number of nitrogens with one attached hydrogen (secondary N) is 1. The maximum Gasteiger partial charge on any atom is 0.339 e. The van der Waals surface area contributed by atoms with Gasteiger partial charge < -0.3 is 10.4 Å². The van der Waals surface area contributed by atoms with Crippen molar-refractivity contribution in [3.63, 3.8) is 0 Å². The molecule has 8 heteroatoms. The molecule has 1 aromatic rings. The molecule has 0 heterocycles. The van der Waals surface area contributed by atoms with E-state index in [1.54, 1.807) is 0 Å². The lowest BCUT2D eigenvalue weighted by Crippen LogP contribution is -2.35. The SMILES string of the molecule is O=C(O)c1c(Cl)cccc1NCC(F)(F)C(F)F. The summed E-state index contributed by atoms with van der Waals surface area (Å²) < 4.78 is 49.2. The van der Waals surface area contributed by atoms with Gasteiger partial charge in [0.25, 0.3) is 0 Å². The number of alkyl halides is 4. The molecule has 3 nitrogen and oxygen atoms in total. The van der Waals surface area contributed by atoms with Crippen LogP contribution in [0, 0.1) is 0 Å². The van der Waals surface area contributed by atoms with Gasteiger partial charge in [-0.3, -0.25) is 0 Å². The number of rotatable bonds is 5. The van der Waals surface area contributed by atoms with Gasteiger partial charge in [0.1, 0.15) is 5.56 Å². The number of hydrogen-bond donors (Lipinski definition) is 2. The second-order valence-corrected chi connectivity index (χ2v) is 3.79. The summed E-state index contributed by atoms with van der Waals surface area (Å²) in [5.74, 6) is -5.69. The summed E-state index contributed by atoms with van der Waals surface area (Å²) in [6.07, 6.45) is -3.84. The van der Waals surface area contributed by atoms with E-state index in [4.69, 9.17) is 16.7 Å². The van der Waals surface area contributed by atoms with Crippen molar-refractivity contribution in [2.45, 2.75) is 12.3 Å². The molecule has 0 amide bonds. The van der Waals surface area contributed by atoms with E-state index < -0.39 is 30.4 Å². The summed E-state index contributed by atoms with van der Waals surface area (Å²) in [5.41, 5.74) is -0.681. The zero-order valence-corrected chi connectivity index (χ0v) is 9.52. The minimum atomic E-state index is -4.25. The van der Waals surface area contributed by atoms with Crippen LogP contribution in [-0.2, 0) is 0 Å². The van der Waals surface area contributed by atoms with Crippen molar-refractivity contribution in [3.05, 3.63) is 28.8 Å². The number of hydrogen-bond acceptors (Lipinski definition) is 2. The molecule has 0 aliphatic carbocycles. The molecular formula is C10H8ClF4NO2. The van der Waals surface area contributed by atoms with Gasteiger partial charge >= 0.3 is 18.3 Å². The predicted molar refractivity (Wildman–Crippen MR) is 57.9 cm³/mol. The second kappa shape index (κ2) is 5.43. The largest absolute Gasteiger partial charge is 0.478 e. The molecule has 0 bridgehead atoms. The topological polar surface area (TPSA) is 49.3 Å². The van der Waals surface area contributed by atoms with Crippen LogP contribution >= 0.6 is 11.6 Å². The lowest BCUT2D eigenvalue weighted by atomic mass is 10.1. The third-order valence-corrected chi connectivity index (χ3v) is 2.38. The minimum absolute atomic E-state index is 0.173. The fourth-order valence-electron chi connectivity index (χ4n) is 1.18. The third-order valence-electron chi connectivity index (χ3n) is 2.06. The molecule has 2 N–H and O–H groups in total. The molecule has 0 saturated carbocycles. The summed E-state index contributed by atoms with van der Waals surface area (Å²) in [4.78, 5) is 10.8. The van der Waals surface area contributed by atoms with Crippen LogP contribution in [0.3, 0.4) is 0 Å². The van der Waals surface area contributed by atoms with Gasteiger partial charge in [0.05, 0.1) is 17.3 Å². The average Bonchev–Trinajstić information content (AvgIpc) is 2.25. The third kappa shape index (κ3) is 3.25. The molecule has 1 aromatic carbocycles. The Labute approximate surface area is 104 Å². The number of carboxylic acids is 1. The van der Waals surface area contributed by atoms with E-state index in [1.165, 1.54) is 12.1 Å². The van der Waals surface area contributed by atoms with Crippen LogP contribution in [0.2, 0.25) is 5.02 Å². The highest BCUT2D eigenvalue weighted by Gasteiger charge is 2.40. The predicted octanol–water partition coefficient (Wildman–Crippen LogP) is 3.35. The van der Waals surface area contributed by atoms with Crippen molar-refractivity contribution >= 4 is 23.3 Å². The van der Waals surface area contributed by atoms with E-state index in [-0.39, 0.29) is 10.7 Å². The highest BCUT2D eigenvalue weighted by molar-refractivity contribution is 6.34. The first-order valence-electron chi connectivity index (χ1n) is 4.67. The fraction of sp³-hybridized carbons (Fsp3) is 0.300. The zero-order chi connectivity index (χ0) is 13.9. The Balaban J connectivity index is 2.92. The molecule has 1 rings (SSSR count). The average molecular weight is 286 g/mol. The van der Waals surface area contributed by atoms with E-state index in [2.05, 4.69) is 0 Å². The molecule has 0 aromatic heterocycles. The first-order chi connectivity index (χ1) is 8.25. The molecular weight excluding hydrogens is 278 g/mol. The van der Waals surface area contributed by atoms with Crippen molar-refractivity contribution in [3.8, 4) is 0 Å². The molecule has 0 aliphatic rings. The van der Waals surface area contributed by atoms with E-state index >= 15 is 0 Å². The first-order valence-corrected chi connectivity index (χ1v) is 5.05. The highest BCUT2D eigenvalue weighted by atomic mass is 35.5.